The molecule has 3 unspecified atom stereocenters. The van der Waals surface area contributed by atoms with Gasteiger partial charge in [-0.1, -0.05) is 26.2 Å². The normalized spacial score (nSPS) is 17.2. The van der Waals surface area contributed by atoms with Crippen LogP contribution in [0.15, 0.2) is 0 Å². The summed E-state index contributed by atoms with van der Waals surface area (Å²) in [5, 5.41) is 19.2. The Balaban J connectivity index is 4.52. The quantitative estimate of drug-likeness (QED) is 0.462. The fraction of sp³-hybridized carbons (Fsp3) is 1.00. The van der Waals surface area contributed by atoms with E-state index < -0.39 is 0 Å². The third kappa shape index (κ3) is 8.03. The summed E-state index contributed by atoms with van der Waals surface area (Å²) < 4.78 is 0. The molecule has 4 nitrogen and oxygen atoms in total. The molecule has 3 atom stereocenters. The summed E-state index contributed by atoms with van der Waals surface area (Å²) in [5.41, 5.74) is 0. The summed E-state index contributed by atoms with van der Waals surface area (Å²) in [7, 11) is 4.13. The van der Waals surface area contributed by atoms with Gasteiger partial charge in [-0.3, -0.25) is 9.80 Å². The van der Waals surface area contributed by atoms with Gasteiger partial charge in [-0.25, -0.2) is 0 Å². The highest BCUT2D eigenvalue weighted by Crippen LogP contribution is 2.13. The van der Waals surface area contributed by atoms with Crippen LogP contribution in [-0.4, -0.2) is 65.6 Å². The number of aliphatic hydroxyl groups excluding tert-OH is 2. The molecule has 0 rings (SSSR count). The van der Waals surface area contributed by atoms with E-state index in [1.807, 2.05) is 0 Å². The molecule has 110 valence electrons. The van der Waals surface area contributed by atoms with E-state index >= 15 is 0 Å². The third-order valence-corrected chi connectivity index (χ3v) is 3.08. The smallest absolute Gasteiger partial charge is 0.0639 e. The highest BCUT2D eigenvalue weighted by Gasteiger charge is 2.22. The van der Waals surface area contributed by atoms with Gasteiger partial charge in [-0.2, -0.15) is 0 Å². The Bertz CT molecular complexity index is 186. The van der Waals surface area contributed by atoms with Crippen LogP contribution in [0.5, 0.6) is 0 Å². The molecule has 0 aliphatic heterocycles. The molecule has 0 amide bonds. The summed E-state index contributed by atoms with van der Waals surface area (Å²) in [6.45, 7) is 7.02. The SMILES string of the molecule is CCCCCC(N(C)C)N(CC(C)O)CC(C)O. The summed E-state index contributed by atoms with van der Waals surface area (Å²) in [5.74, 6) is 0. The first-order valence-corrected chi connectivity index (χ1v) is 7.15. The number of nitrogens with zero attached hydrogens (tertiary/aromatic N) is 2. The van der Waals surface area contributed by atoms with Crippen molar-refractivity contribution in [3.05, 3.63) is 0 Å². The number of aliphatic hydroxyl groups is 2. The van der Waals surface area contributed by atoms with E-state index in [0.29, 0.717) is 19.3 Å². The number of hydrogen-bond acceptors (Lipinski definition) is 4. The standard InChI is InChI=1S/C14H32N2O2/c1-6-7-8-9-14(15(4)5)16(10-12(2)17)11-13(3)18/h12-14,17-18H,6-11H2,1-5H3. The van der Waals surface area contributed by atoms with Gasteiger partial charge in [0.15, 0.2) is 0 Å². The van der Waals surface area contributed by atoms with E-state index in [4.69, 9.17) is 0 Å². The van der Waals surface area contributed by atoms with Gasteiger partial charge in [-0.15, -0.1) is 0 Å². The fourth-order valence-corrected chi connectivity index (χ4v) is 2.34. The Morgan fingerprint density at radius 2 is 1.44 bits per heavy atom. The van der Waals surface area contributed by atoms with E-state index in [9.17, 15) is 10.2 Å². The third-order valence-electron chi connectivity index (χ3n) is 3.08. The van der Waals surface area contributed by atoms with E-state index in [0.717, 1.165) is 6.42 Å². The van der Waals surface area contributed by atoms with Crippen LogP contribution in [0.3, 0.4) is 0 Å². The lowest BCUT2D eigenvalue weighted by Crippen LogP contribution is -2.50. The first kappa shape index (κ1) is 17.8. The second kappa shape index (κ2) is 9.73. The van der Waals surface area contributed by atoms with Crippen molar-refractivity contribution >= 4 is 0 Å². The maximum atomic E-state index is 9.60. The monoisotopic (exact) mass is 260 g/mol. The van der Waals surface area contributed by atoms with Gasteiger partial charge in [0.25, 0.3) is 0 Å². The largest absolute Gasteiger partial charge is 0.392 e. The van der Waals surface area contributed by atoms with Gasteiger partial charge in [0.05, 0.1) is 18.4 Å². The summed E-state index contributed by atoms with van der Waals surface area (Å²) in [6.07, 6.45) is 4.29. The van der Waals surface area contributed by atoms with Crippen molar-refractivity contribution in [1.29, 1.82) is 0 Å². The van der Waals surface area contributed by atoms with Crippen LogP contribution in [0.25, 0.3) is 0 Å². The second-order valence-corrected chi connectivity index (χ2v) is 5.59. The van der Waals surface area contributed by atoms with E-state index in [1.165, 1.54) is 19.3 Å². The molecular weight excluding hydrogens is 228 g/mol. The zero-order chi connectivity index (χ0) is 14.1. The van der Waals surface area contributed by atoms with Gasteiger partial charge in [-0.05, 0) is 34.4 Å². The van der Waals surface area contributed by atoms with E-state index in [-0.39, 0.29) is 12.2 Å². The fourth-order valence-electron chi connectivity index (χ4n) is 2.34. The molecule has 0 heterocycles. The zero-order valence-electron chi connectivity index (χ0n) is 12.8. The topological polar surface area (TPSA) is 46.9 Å². The first-order valence-electron chi connectivity index (χ1n) is 7.15. The van der Waals surface area contributed by atoms with Gasteiger partial charge in [0, 0.05) is 13.1 Å². The van der Waals surface area contributed by atoms with Crippen LogP contribution in [0, 0.1) is 0 Å². The Morgan fingerprint density at radius 3 is 1.78 bits per heavy atom. The Labute approximate surface area is 113 Å². The predicted octanol–water partition coefficient (Wildman–Crippen LogP) is 1.52. The van der Waals surface area contributed by atoms with Crippen molar-refractivity contribution in [2.75, 3.05) is 27.2 Å². The molecular formula is C14H32N2O2. The lowest BCUT2D eigenvalue weighted by molar-refractivity contribution is 0.00440. The number of hydrogen-bond donors (Lipinski definition) is 2. The average Bonchev–Trinajstić information content (AvgIpc) is 2.21. The minimum Gasteiger partial charge on any atom is -0.392 e. The van der Waals surface area contributed by atoms with Crippen molar-refractivity contribution in [3.8, 4) is 0 Å². The Hall–Kier alpha value is -0.160. The molecule has 0 saturated heterocycles. The molecule has 0 aromatic carbocycles. The van der Waals surface area contributed by atoms with Crippen LogP contribution < -0.4 is 0 Å². The Kier molecular flexibility index (Phi) is 9.64. The van der Waals surface area contributed by atoms with E-state index in [2.05, 4.69) is 30.8 Å². The van der Waals surface area contributed by atoms with Crippen molar-refractivity contribution < 1.29 is 10.2 Å². The molecule has 0 aromatic heterocycles. The molecule has 0 fully saturated rings. The van der Waals surface area contributed by atoms with Gasteiger partial charge in [0.2, 0.25) is 0 Å². The lowest BCUT2D eigenvalue weighted by atomic mass is 10.1. The van der Waals surface area contributed by atoms with Crippen LogP contribution in [-0.2, 0) is 0 Å². The van der Waals surface area contributed by atoms with Gasteiger partial charge in [0.1, 0.15) is 0 Å². The average molecular weight is 260 g/mol. The van der Waals surface area contributed by atoms with Crippen molar-refractivity contribution in [2.45, 2.75) is 64.8 Å². The van der Waals surface area contributed by atoms with E-state index in [1.54, 1.807) is 13.8 Å². The molecule has 0 aliphatic rings. The molecule has 2 N–H and O–H groups in total. The molecule has 0 radical (unpaired) electrons. The molecule has 0 bridgehead atoms. The Morgan fingerprint density at radius 1 is 0.944 bits per heavy atom. The van der Waals surface area contributed by atoms with Crippen molar-refractivity contribution in [3.63, 3.8) is 0 Å². The lowest BCUT2D eigenvalue weighted by Gasteiger charge is -2.37. The number of rotatable bonds is 10. The van der Waals surface area contributed by atoms with Crippen LogP contribution in [0.2, 0.25) is 0 Å². The van der Waals surface area contributed by atoms with Gasteiger partial charge < -0.3 is 10.2 Å². The maximum Gasteiger partial charge on any atom is 0.0639 e. The van der Waals surface area contributed by atoms with Crippen molar-refractivity contribution in [2.24, 2.45) is 0 Å². The summed E-state index contributed by atoms with van der Waals surface area (Å²) >= 11 is 0. The highest BCUT2D eigenvalue weighted by atomic mass is 16.3. The van der Waals surface area contributed by atoms with Crippen LogP contribution >= 0.6 is 0 Å². The first-order chi connectivity index (χ1) is 8.38. The molecule has 0 spiro atoms. The van der Waals surface area contributed by atoms with Crippen LogP contribution in [0.4, 0.5) is 0 Å². The number of unbranched alkanes of at least 4 members (excludes halogenated alkanes) is 2. The van der Waals surface area contributed by atoms with Gasteiger partial charge >= 0.3 is 0 Å². The minimum atomic E-state index is -0.364. The molecule has 0 aliphatic carbocycles. The highest BCUT2D eigenvalue weighted by molar-refractivity contribution is 4.73. The van der Waals surface area contributed by atoms with Crippen molar-refractivity contribution in [1.82, 2.24) is 9.80 Å². The molecule has 18 heavy (non-hydrogen) atoms. The maximum absolute atomic E-state index is 9.60. The summed E-state index contributed by atoms with van der Waals surface area (Å²) in [6, 6.07) is 0. The second-order valence-electron chi connectivity index (χ2n) is 5.59. The molecule has 4 heteroatoms. The molecule has 0 aromatic rings. The minimum absolute atomic E-state index is 0.292. The zero-order valence-corrected chi connectivity index (χ0v) is 12.8. The molecule has 0 saturated carbocycles. The predicted molar refractivity (Wildman–Crippen MR) is 76.6 cm³/mol. The van der Waals surface area contributed by atoms with Crippen LogP contribution in [0.1, 0.15) is 46.5 Å². The summed E-state index contributed by atoms with van der Waals surface area (Å²) in [4.78, 5) is 4.37.